The average molecular weight is 662 g/mol. The number of nitrogen functional groups attached to an aromatic ring is 1. The number of ether oxygens (including phenoxy) is 3. The van der Waals surface area contributed by atoms with Gasteiger partial charge < -0.3 is 29.7 Å². The number of hydrogen-bond donors (Lipinski definition) is 2. The van der Waals surface area contributed by atoms with Crippen LogP contribution in [-0.2, 0) is 27.5 Å². The fourth-order valence-corrected chi connectivity index (χ4v) is 7.59. The minimum absolute atomic E-state index is 0.0145. The van der Waals surface area contributed by atoms with Crippen molar-refractivity contribution in [3.63, 3.8) is 0 Å². The van der Waals surface area contributed by atoms with Crippen molar-refractivity contribution in [1.82, 2.24) is 25.2 Å². The smallest absolute Gasteiger partial charge is 0.410 e. The van der Waals surface area contributed by atoms with Gasteiger partial charge in [0.1, 0.15) is 16.8 Å². The van der Waals surface area contributed by atoms with Crippen molar-refractivity contribution in [3.05, 3.63) is 59.8 Å². The molecule has 2 aliphatic rings. The van der Waals surface area contributed by atoms with Crippen LogP contribution in [0, 0.1) is 0 Å². The lowest BCUT2D eigenvalue weighted by atomic mass is 10.00. The van der Waals surface area contributed by atoms with Crippen molar-refractivity contribution in [2.75, 3.05) is 51.0 Å². The Kier molecular flexibility index (Phi) is 8.57. The highest BCUT2D eigenvalue weighted by molar-refractivity contribution is 7.92. The van der Waals surface area contributed by atoms with Crippen LogP contribution in [0.25, 0.3) is 22.2 Å². The van der Waals surface area contributed by atoms with Crippen LogP contribution >= 0.6 is 0 Å². The number of methoxy groups -OCH3 is 2. The van der Waals surface area contributed by atoms with Crippen molar-refractivity contribution < 1.29 is 27.4 Å². The van der Waals surface area contributed by atoms with Crippen LogP contribution in [-0.4, -0.2) is 85.7 Å². The zero-order valence-corrected chi connectivity index (χ0v) is 27.9. The third kappa shape index (κ3) is 6.34. The van der Waals surface area contributed by atoms with Crippen LogP contribution in [0.2, 0.25) is 0 Å². The lowest BCUT2D eigenvalue weighted by molar-refractivity contribution is 0.0218. The molecule has 13 nitrogen and oxygen atoms in total. The predicted molar refractivity (Wildman–Crippen MR) is 178 cm³/mol. The maximum Gasteiger partial charge on any atom is 0.410 e. The third-order valence-corrected chi connectivity index (χ3v) is 10.2. The number of pyridine rings is 1. The first kappa shape index (κ1) is 32.3. The van der Waals surface area contributed by atoms with E-state index in [0.717, 1.165) is 11.1 Å². The summed E-state index contributed by atoms with van der Waals surface area (Å²) in [6, 6.07) is 12.5. The quantitative estimate of drug-likeness (QED) is 0.308. The predicted octanol–water partition coefficient (Wildman–Crippen LogP) is 3.79. The maximum atomic E-state index is 13.8. The summed E-state index contributed by atoms with van der Waals surface area (Å²) < 4.78 is 44.5. The van der Waals surface area contributed by atoms with Gasteiger partial charge in [-0.05, 0) is 62.6 Å². The van der Waals surface area contributed by atoms with Crippen molar-refractivity contribution in [3.8, 4) is 22.8 Å². The Morgan fingerprint density at radius 3 is 2.55 bits per heavy atom. The number of carbonyl (C=O) groups is 1. The van der Waals surface area contributed by atoms with Gasteiger partial charge in [-0.25, -0.2) is 18.2 Å². The number of nitrogens with two attached hydrogens (primary N) is 1. The molecule has 248 valence electrons. The van der Waals surface area contributed by atoms with Gasteiger partial charge in [0.2, 0.25) is 5.95 Å². The molecular formula is C33H39N7O6S. The summed E-state index contributed by atoms with van der Waals surface area (Å²) in [6.45, 7) is 7.01. The van der Waals surface area contributed by atoms with Gasteiger partial charge in [0, 0.05) is 38.4 Å². The Balaban J connectivity index is 1.30. The number of piperazine rings is 1. The first-order valence-electron chi connectivity index (χ1n) is 15.3. The summed E-state index contributed by atoms with van der Waals surface area (Å²) in [4.78, 5) is 30.4. The number of nitrogens with one attached hydrogen (secondary N) is 1. The second kappa shape index (κ2) is 12.5. The van der Waals surface area contributed by atoms with E-state index >= 15 is 0 Å². The highest BCUT2D eigenvalue weighted by Gasteiger charge is 2.36. The maximum absolute atomic E-state index is 13.8. The van der Waals surface area contributed by atoms with Gasteiger partial charge in [-0.2, -0.15) is 4.98 Å². The highest BCUT2D eigenvalue weighted by Crippen LogP contribution is 2.45. The van der Waals surface area contributed by atoms with E-state index in [1.807, 2.05) is 29.2 Å². The molecular weight excluding hydrogens is 622 g/mol. The van der Waals surface area contributed by atoms with E-state index in [4.69, 9.17) is 29.9 Å². The molecule has 2 aliphatic heterocycles. The molecule has 2 aromatic carbocycles. The molecule has 1 fully saturated rings. The number of benzene rings is 2. The zero-order chi connectivity index (χ0) is 33.5. The number of hydrogen-bond acceptors (Lipinski definition) is 12. The Hall–Kier alpha value is -4.69. The largest absolute Gasteiger partial charge is 0.493 e. The fourth-order valence-electron chi connectivity index (χ4n) is 5.98. The minimum Gasteiger partial charge on any atom is -0.493 e. The van der Waals surface area contributed by atoms with Crippen molar-refractivity contribution >= 4 is 38.6 Å². The number of fused-ring (bicyclic) bond motifs is 2. The molecule has 3 N–H and O–H groups in total. The molecule has 4 aromatic rings. The van der Waals surface area contributed by atoms with Crippen LogP contribution < -0.4 is 25.4 Å². The van der Waals surface area contributed by atoms with E-state index in [-0.39, 0.29) is 17.3 Å². The van der Waals surface area contributed by atoms with Gasteiger partial charge in [-0.15, -0.1) is 0 Å². The molecule has 14 heteroatoms. The normalized spacial score (nSPS) is 16.9. The topological polar surface area (TPSA) is 162 Å². The van der Waals surface area contributed by atoms with Crippen LogP contribution in [0.1, 0.15) is 31.9 Å². The summed E-state index contributed by atoms with van der Waals surface area (Å²) >= 11 is 0. The van der Waals surface area contributed by atoms with Crippen molar-refractivity contribution in [2.45, 2.75) is 49.6 Å². The van der Waals surface area contributed by atoms with E-state index in [1.165, 1.54) is 4.90 Å². The van der Waals surface area contributed by atoms with E-state index in [0.29, 0.717) is 72.2 Å². The van der Waals surface area contributed by atoms with E-state index in [2.05, 4.69) is 10.3 Å². The minimum atomic E-state index is -3.83. The number of anilines is 2. The molecule has 0 bridgehead atoms. The number of carbonyl (C=O) groups excluding carboxylic acids is 1. The van der Waals surface area contributed by atoms with Gasteiger partial charge in [0.05, 0.1) is 47.8 Å². The van der Waals surface area contributed by atoms with Gasteiger partial charge in [0.15, 0.2) is 21.3 Å². The molecule has 47 heavy (non-hydrogen) atoms. The van der Waals surface area contributed by atoms with Crippen LogP contribution in [0.5, 0.6) is 11.5 Å². The van der Waals surface area contributed by atoms with E-state index in [9.17, 15) is 13.2 Å². The summed E-state index contributed by atoms with van der Waals surface area (Å²) in [5.74, 6) is 1.62. The summed E-state index contributed by atoms with van der Waals surface area (Å²) in [7, 11) is -0.715. The summed E-state index contributed by atoms with van der Waals surface area (Å²) in [5, 5.41) is 2.70. The molecule has 0 saturated carbocycles. The standard InChI is InChI=1S/C33H39N7O6S/c1-33(2,3)46-32(41)40-15-13-36-26(19-40)47(42,43)22-10-9-20-11-14-39(18-21(20)16-22)31-37-24-17-25(44-4)29(45-5)27(28(24)30(34)38-31)23-8-6-7-12-35-23/h6-10,12,16-17,26,36H,11,13-15,18-19H2,1-5H3,(H2,34,37,38). The SMILES string of the molecule is COc1cc2nc(N3CCc4ccc(S(=O)(=O)C5CN(C(=O)OC(C)(C)C)CCN5)cc4C3)nc(N)c2c(-c2ccccn2)c1OC. The zero-order valence-electron chi connectivity index (χ0n) is 27.1. The van der Waals surface area contributed by atoms with Gasteiger partial charge >= 0.3 is 6.09 Å². The first-order valence-corrected chi connectivity index (χ1v) is 16.9. The lowest BCUT2D eigenvalue weighted by Gasteiger charge is -2.34. The molecule has 2 aromatic heterocycles. The third-order valence-electron chi connectivity index (χ3n) is 8.23. The van der Waals surface area contributed by atoms with Crippen LogP contribution in [0.4, 0.5) is 16.6 Å². The number of aromatic nitrogens is 3. The summed E-state index contributed by atoms with van der Waals surface area (Å²) in [6.07, 6.45) is 1.82. The lowest BCUT2D eigenvalue weighted by Crippen LogP contribution is -2.56. The molecule has 1 amide bonds. The van der Waals surface area contributed by atoms with Gasteiger partial charge in [-0.1, -0.05) is 12.1 Å². The summed E-state index contributed by atoms with van der Waals surface area (Å²) in [5.41, 5.74) is 9.66. The molecule has 1 atom stereocenters. The second-order valence-electron chi connectivity index (χ2n) is 12.5. The monoisotopic (exact) mass is 661 g/mol. The Morgan fingerprint density at radius 1 is 1.04 bits per heavy atom. The molecule has 0 aliphatic carbocycles. The molecule has 1 saturated heterocycles. The van der Waals surface area contributed by atoms with E-state index in [1.54, 1.807) is 59.4 Å². The van der Waals surface area contributed by atoms with Gasteiger partial charge in [-0.3, -0.25) is 10.3 Å². The van der Waals surface area contributed by atoms with Crippen molar-refractivity contribution in [2.24, 2.45) is 0 Å². The Morgan fingerprint density at radius 2 is 1.85 bits per heavy atom. The molecule has 4 heterocycles. The second-order valence-corrected chi connectivity index (χ2v) is 14.7. The van der Waals surface area contributed by atoms with Crippen molar-refractivity contribution in [1.29, 1.82) is 0 Å². The molecule has 1 unspecified atom stereocenters. The number of rotatable bonds is 6. The number of nitrogens with zero attached hydrogens (tertiary/aromatic N) is 5. The molecule has 0 radical (unpaired) electrons. The number of sulfone groups is 1. The average Bonchev–Trinajstić information content (AvgIpc) is 3.06. The van der Waals surface area contributed by atoms with E-state index < -0.39 is 26.9 Å². The Labute approximate surface area is 274 Å². The Bertz CT molecular complexity index is 1930. The van der Waals surface area contributed by atoms with Crippen LogP contribution in [0.15, 0.2) is 53.6 Å². The van der Waals surface area contributed by atoms with Gasteiger partial charge in [0.25, 0.3) is 0 Å². The molecule has 6 rings (SSSR count). The fraction of sp³-hybridized carbons (Fsp3) is 0.394. The first-order chi connectivity index (χ1) is 22.4. The molecule has 0 spiro atoms. The van der Waals surface area contributed by atoms with Crippen LogP contribution in [0.3, 0.4) is 0 Å². The highest BCUT2D eigenvalue weighted by atomic mass is 32.2. The number of amides is 1.